The van der Waals surface area contributed by atoms with Crippen molar-refractivity contribution in [1.29, 1.82) is 5.26 Å². The van der Waals surface area contributed by atoms with Crippen molar-refractivity contribution in [3.05, 3.63) is 35.7 Å². The van der Waals surface area contributed by atoms with Gasteiger partial charge < -0.3 is 5.32 Å². The SMILES string of the molecule is CC(Sc1n[nH]c(CCC2CCCC2)n1)C(=O)Nc1ccccc1C#N. The van der Waals surface area contributed by atoms with Gasteiger partial charge in [-0.05, 0) is 31.4 Å². The number of hydrogen-bond donors (Lipinski definition) is 2. The number of amides is 1. The highest BCUT2D eigenvalue weighted by molar-refractivity contribution is 8.00. The molecule has 136 valence electrons. The number of rotatable bonds is 7. The van der Waals surface area contributed by atoms with Gasteiger partial charge in [0.05, 0.1) is 16.5 Å². The van der Waals surface area contributed by atoms with E-state index in [0.717, 1.165) is 24.6 Å². The number of nitrogens with zero attached hydrogens (tertiary/aromatic N) is 3. The van der Waals surface area contributed by atoms with Gasteiger partial charge in [-0.25, -0.2) is 4.98 Å². The van der Waals surface area contributed by atoms with Crippen LogP contribution in [0.2, 0.25) is 0 Å². The molecule has 2 aromatic rings. The van der Waals surface area contributed by atoms with Gasteiger partial charge in [-0.15, -0.1) is 5.10 Å². The topological polar surface area (TPSA) is 94.5 Å². The second-order valence-corrected chi connectivity index (χ2v) is 7.97. The van der Waals surface area contributed by atoms with E-state index in [1.165, 1.54) is 37.4 Å². The van der Waals surface area contributed by atoms with Gasteiger partial charge in [-0.1, -0.05) is 49.6 Å². The molecule has 1 aromatic heterocycles. The molecule has 7 heteroatoms. The quantitative estimate of drug-likeness (QED) is 0.721. The Labute approximate surface area is 157 Å². The Morgan fingerprint density at radius 1 is 1.42 bits per heavy atom. The van der Waals surface area contributed by atoms with Crippen LogP contribution >= 0.6 is 11.8 Å². The standard InChI is InChI=1S/C19H23N5OS/c1-13(18(25)21-16-9-5-4-8-15(16)12-20)26-19-22-17(23-24-19)11-10-14-6-2-3-7-14/h4-5,8-9,13-14H,2-3,6-7,10-11H2,1H3,(H,21,25)(H,22,23,24). The summed E-state index contributed by atoms with van der Waals surface area (Å²) < 4.78 is 0. The van der Waals surface area contributed by atoms with E-state index in [9.17, 15) is 4.79 Å². The summed E-state index contributed by atoms with van der Waals surface area (Å²) in [4.78, 5) is 16.9. The summed E-state index contributed by atoms with van der Waals surface area (Å²) in [5.41, 5.74) is 0.977. The lowest BCUT2D eigenvalue weighted by Crippen LogP contribution is -2.23. The smallest absolute Gasteiger partial charge is 0.237 e. The van der Waals surface area contributed by atoms with Crippen molar-refractivity contribution in [2.75, 3.05) is 5.32 Å². The summed E-state index contributed by atoms with van der Waals surface area (Å²) in [7, 11) is 0. The van der Waals surface area contributed by atoms with Crippen LogP contribution in [0.4, 0.5) is 5.69 Å². The number of nitriles is 1. The van der Waals surface area contributed by atoms with E-state index in [4.69, 9.17) is 5.26 Å². The van der Waals surface area contributed by atoms with Crippen molar-refractivity contribution in [1.82, 2.24) is 15.2 Å². The minimum absolute atomic E-state index is 0.171. The first-order valence-electron chi connectivity index (χ1n) is 9.03. The van der Waals surface area contributed by atoms with Crippen molar-refractivity contribution in [3.8, 4) is 6.07 Å². The number of aromatic nitrogens is 3. The summed E-state index contributed by atoms with van der Waals surface area (Å²) in [5.74, 6) is 1.54. The van der Waals surface area contributed by atoms with Crippen LogP contribution in [-0.4, -0.2) is 26.3 Å². The first-order chi connectivity index (χ1) is 12.7. The van der Waals surface area contributed by atoms with E-state index in [2.05, 4.69) is 26.6 Å². The predicted octanol–water partition coefficient (Wildman–Crippen LogP) is 3.92. The van der Waals surface area contributed by atoms with E-state index in [-0.39, 0.29) is 11.2 Å². The summed E-state index contributed by atoms with van der Waals surface area (Å²) >= 11 is 1.31. The molecule has 26 heavy (non-hydrogen) atoms. The average Bonchev–Trinajstić information content (AvgIpc) is 3.32. The normalized spacial score (nSPS) is 15.5. The number of H-pyrrole nitrogens is 1. The molecule has 1 amide bonds. The highest BCUT2D eigenvalue weighted by Gasteiger charge is 2.19. The number of benzene rings is 1. The van der Waals surface area contributed by atoms with Crippen LogP contribution in [0.15, 0.2) is 29.4 Å². The van der Waals surface area contributed by atoms with Crippen molar-refractivity contribution >= 4 is 23.4 Å². The number of nitrogens with one attached hydrogen (secondary N) is 2. The lowest BCUT2D eigenvalue weighted by Gasteiger charge is -2.11. The molecular weight excluding hydrogens is 346 g/mol. The fourth-order valence-corrected chi connectivity index (χ4v) is 3.96. The summed E-state index contributed by atoms with van der Waals surface area (Å²) in [6.07, 6.45) is 7.43. The zero-order chi connectivity index (χ0) is 18.4. The Balaban J connectivity index is 1.51. The zero-order valence-electron chi connectivity index (χ0n) is 14.9. The number of carbonyl (C=O) groups excluding carboxylic acids is 1. The lowest BCUT2D eigenvalue weighted by atomic mass is 10.0. The second kappa shape index (κ2) is 8.86. The van der Waals surface area contributed by atoms with Gasteiger partial charge in [0.2, 0.25) is 11.1 Å². The fourth-order valence-electron chi connectivity index (χ4n) is 3.22. The van der Waals surface area contributed by atoms with Gasteiger partial charge in [0.15, 0.2) is 0 Å². The Kier molecular flexibility index (Phi) is 6.29. The molecule has 1 atom stereocenters. The molecule has 0 saturated heterocycles. The first kappa shape index (κ1) is 18.5. The van der Waals surface area contributed by atoms with Gasteiger partial charge in [0.25, 0.3) is 0 Å². The molecule has 1 aromatic carbocycles. The molecule has 2 N–H and O–H groups in total. The van der Waals surface area contributed by atoms with Crippen LogP contribution in [0.3, 0.4) is 0 Å². The third-order valence-corrected chi connectivity index (χ3v) is 5.69. The van der Waals surface area contributed by atoms with E-state index in [1.807, 2.05) is 6.92 Å². The summed E-state index contributed by atoms with van der Waals surface area (Å²) in [6, 6.07) is 9.05. The zero-order valence-corrected chi connectivity index (χ0v) is 15.7. The number of thioether (sulfide) groups is 1. The van der Waals surface area contributed by atoms with Gasteiger partial charge in [-0.3, -0.25) is 9.89 Å². The van der Waals surface area contributed by atoms with Crippen LogP contribution in [0.1, 0.15) is 50.4 Å². The average molecular weight is 369 g/mol. The molecule has 1 unspecified atom stereocenters. The minimum atomic E-state index is -0.361. The largest absolute Gasteiger partial charge is 0.324 e. The van der Waals surface area contributed by atoms with Gasteiger partial charge >= 0.3 is 0 Å². The number of para-hydroxylation sites is 1. The van der Waals surface area contributed by atoms with E-state index >= 15 is 0 Å². The number of aromatic amines is 1. The Hall–Kier alpha value is -2.33. The maximum atomic E-state index is 12.4. The highest BCUT2D eigenvalue weighted by Crippen LogP contribution is 2.28. The molecular formula is C19H23N5OS. The molecule has 1 aliphatic rings. The third-order valence-electron chi connectivity index (χ3n) is 4.73. The molecule has 0 radical (unpaired) electrons. The second-order valence-electron chi connectivity index (χ2n) is 6.66. The maximum absolute atomic E-state index is 12.4. The molecule has 1 fully saturated rings. The predicted molar refractivity (Wildman–Crippen MR) is 102 cm³/mol. The monoisotopic (exact) mass is 369 g/mol. The van der Waals surface area contributed by atoms with Crippen LogP contribution in [0.5, 0.6) is 0 Å². The van der Waals surface area contributed by atoms with E-state index in [1.54, 1.807) is 24.3 Å². The number of carbonyl (C=O) groups is 1. The Morgan fingerprint density at radius 3 is 2.96 bits per heavy atom. The minimum Gasteiger partial charge on any atom is -0.324 e. The number of anilines is 1. The number of hydrogen-bond acceptors (Lipinski definition) is 5. The molecule has 0 bridgehead atoms. The van der Waals surface area contributed by atoms with Crippen LogP contribution in [0, 0.1) is 17.2 Å². The van der Waals surface area contributed by atoms with E-state index in [0.29, 0.717) is 16.4 Å². The summed E-state index contributed by atoms with van der Waals surface area (Å²) in [6.45, 7) is 1.81. The first-order valence-corrected chi connectivity index (χ1v) is 9.91. The van der Waals surface area contributed by atoms with Gasteiger partial charge in [0, 0.05) is 6.42 Å². The van der Waals surface area contributed by atoms with Crippen LogP contribution < -0.4 is 5.32 Å². The molecule has 0 aliphatic heterocycles. The van der Waals surface area contributed by atoms with Crippen molar-refractivity contribution in [3.63, 3.8) is 0 Å². The van der Waals surface area contributed by atoms with Crippen molar-refractivity contribution in [2.45, 2.75) is 55.9 Å². The van der Waals surface area contributed by atoms with Gasteiger partial charge in [-0.2, -0.15) is 5.26 Å². The Morgan fingerprint density at radius 2 is 2.19 bits per heavy atom. The third kappa shape index (κ3) is 4.85. The molecule has 1 aliphatic carbocycles. The highest BCUT2D eigenvalue weighted by atomic mass is 32.2. The fraction of sp³-hybridized carbons (Fsp3) is 0.474. The van der Waals surface area contributed by atoms with Gasteiger partial charge in [0.1, 0.15) is 11.9 Å². The molecule has 3 rings (SSSR count). The van der Waals surface area contributed by atoms with Crippen LogP contribution in [-0.2, 0) is 11.2 Å². The lowest BCUT2D eigenvalue weighted by molar-refractivity contribution is -0.115. The number of aryl methyl sites for hydroxylation is 1. The van der Waals surface area contributed by atoms with Crippen molar-refractivity contribution in [2.24, 2.45) is 5.92 Å². The van der Waals surface area contributed by atoms with E-state index < -0.39 is 0 Å². The molecule has 6 nitrogen and oxygen atoms in total. The molecule has 0 spiro atoms. The molecule has 1 saturated carbocycles. The Bertz CT molecular complexity index is 791. The van der Waals surface area contributed by atoms with Crippen LogP contribution in [0.25, 0.3) is 0 Å². The van der Waals surface area contributed by atoms with Crippen molar-refractivity contribution < 1.29 is 4.79 Å². The summed E-state index contributed by atoms with van der Waals surface area (Å²) in [5, 5.41) is 19.3. The maximum Gasteiger partial charge on any atom is 0.237 e. The molecule has 1 heterocycles.